The third kappa shape index (κ3) is 2.69. The molecule has 100 valence electrons. The van der Waals surface area contributed by atoms with Crippen LogP contribution in [0.2, 0.25) is 5.02 Å². The standard InChI is InChI=1S/C12H16ClNO3S/c1-14(8-9-6-10(15)7-9)18(16,17)12-5-3-2-4-11(12)13/h2-5,9-10,15H,6-8H2,1H3. The van der Waals surface area contributed by atoms with E-state index >= 15 is 0 Å². The van der Waals surface area contributed by atoms with Crippen LogP contribution in [0.15, 0.2) is 29.2 Å². The quantitative estimate of drug-likeness (QED) is 0.918. The van der Waals surface area contributed by atoms with Crippen molar-refractivity contribution in [2.24, 2.45) is 5.92 Å². The van der Waals surface area contributed by atoms with Crippen molar-refractivity contribution in [1.82, 2.24) is 4.31 Å². The summed E-state index contributed by atoms with van der Waals surface area (Å²) in [5.41, 5.74) is 0. The highest BCUT2D eigenvalue weighted by molar-refractivity contribution is 7.89. The number of hydrogen-bond acceptors (Lipinski definition) is 3. The fourth-order valence-electron chi connectivity index (χ4n) is 2.13. The molecule has 0 radical (unpaired) electrons. The first kappa shape index (κ1) is 13.8. The molecule has 1 aliphatic rings. The summed E-state index contributed by atoms with van der Waals surface area (Å²) in [5, 5.41) is 9.44. The highest BCUT2D eigenvalue weighted by Gasteiger charge is 2.32. The molecule has 4 nitrogen and oxygen atoms in total. The number of aliphatic hydroxyl groups excluding tert-OH is 1. The molecule has 0 heterocycles. The van der Waals surface area contributed by atoms with Crippen LogP contribution < -0.4 is 0 Å². The number of rotatable bonds is 4. The molecule has 0 aromatic heterocycles. The van der Waals surface area contributed by atoms with E-state index in [9.17, 15) is 13.5 Å². The lowest BCUT2D eigenvalue weighted by atomic mass is 9.82. The van der Waals surface area contributed by atoms with Crippen LogP contribution in [0, 0.1) is 5.92 Å². The van der Waals surface area contributed by atoms with Crippen LogP contribution >= 0.6 is 11.6 Å². The Morgan fingerprint density at radius 3 is 2.56 bits per heavy atom. The molecule has 0 unspecified atom stereocenters. The van der Waals surface area contributed by atoms with Crippen molar-refractivity contribution in [3.8, 4) is 0 Å². The molecule has 6 heteroatoms. The maximum absolute atomic E-state index is 12.3. The molecule has 0 bridgehead atoms. The van der Waals surface area contributed by atoms with E-state index in [0.717, 1.165) is 0 Å². The average Bonchev–Trinajstić information content (AvgIpc) is 2.27. The van der Waals surface area contributed by atoms with Gasteiger partial charge in [0.25, 0.3) is 0 Å². The van der Waals surface area contributed by atoms with E-state index in [-0.39, 0.29) is 21.9 Å². The number of aliphatic hydroxyl groups is 1. The lowest BCUT2D eigenvalue weighted by molar-refractivity contribution is 0.0367. The molecule has 0 atom stereocenters. The molecule has 2 rings (SSSR count). The first-order valence-corrected chi connectivity index (χ1v) is 7.62. The Morgan fingerprint density at radius 2 is 2.00 bits per heavy atom. The third-order valence-electron chi connectivity index (χ3n) is 3.25. The van der Waals surface area contributed by atoms with Crippen LogP contribution in [-0.2, 0) is 10.0 Å². The van der Waals surface area contributed by atoms with Gasteiger partial charge in [0.15, 0.2) is 0 Å². The molecular weight excluding hydrogens is 274 g/mol. The second kappa shape index (κ2) is 5.17. The summed E-state index contributed by atoms with van der Waals surface area (Å²) < 4.78 is 25.9. The van der Waals surface area contributed by atoms with Gasteiger partial charge in [-0.1, -0.05) is 23.7 Å². The maximum Gasteiger partial charge on any atom is 0.244 e. The Hall–Kier alpha value is -0.620. The van der Waals surface area contributed by atoms with Crippen molar-refractivity contribution in [3.05, 3.63) is 29.3 Å². The number of sulfonamides is 1. The van der Waals surface area contributed by atoms with Gasteiger partial charge in [-0.15, -0.1) is 0 Å². The fourth-order valence-corrected chi connectivity index (χ4v) is 3.87. The van der Waals surface area contributed by atoms with Crippen LogP contribution in [0.3, 0.4) is 0 Å². The summed E-state index contributed by atoms with van der Waals surface area (Å²) in [6, 6.07) is 6.42. The molecule has 0 amide bonds. The predicted molar refractivity (Wildman–Crippen MR) is 70.0 cm³/mol. The second-order valence-electron chi connectivity index (χ2n) is 4.71. The van der Waals surface area contributed by atoms with Crippen LogP contribution in [0.1, 0.15) is 12.8 Å². The monoisotopic (exact) mass is 289 g/mol. The lowest BCUT2D eigenvalue weighted by Crippen LogP contribution is -2.39. The van der Waals surface area contributed by atoms with Crippen molar-refractivity contribution in [1.29, 1.82) is 0 Å². The SMILES string of the molecule is CN(CC1CC(O)C1)S(=O)(=O)c1ccccc1Cl. The van der Waals surface area contributed by atoms with E-state index in [1.807, 2.05) is 0 Å². The zero-order valence-electron chi connectivity index (χ0n) is 10.1. The molecule has 1 N–H and O–H groups in total. The minimum atomic E-state index is -3.54. The first-order valence-electron chi connectivity index (χ1n) is 5.80. The third-order valence-corrected chi connectivity index (χ3v) is 5.57. The number of halogens is 1. The summed E-state index contributed by atoms with van der Waals surface area (Å²) >= 11 is 5.91. The first-order chi connectivity index (χ1) is 8.41. The Morgan fingerprint density at radius 1 is 1.39 bits per heavy atom. The van der Waals surface area contributed by atoms with E-state index in [1.165, 1.54) is 10.4 Å². The van der Waals surface area contributed by atoms with Gasteiger partial charge < -0.3 is 5.11 Å². The minimum absolute atomic E-state index is 0.133. The molecule has 0 aliphatic heterocycles. The maximum atomic E-state index is 12.3. The van der Waals surface area contributed by atoms with E-state index in [4.69, 9.17) is 11.6 Å². The second-order valence-corrected chi connectivity index (χ2v) is 7.13. The molecule has 1 aromatic carbocycles. The molecule has 1 aromatic rings. The van der Waals surface area contributed by atoms with E-state index in [1.54, 1.807) is 25.2 Å². The van der Waals surface area contributed by atoms with Gasteiger partial charge in [0.2, 0.25) is 10.0 Å². The fraction of sp³-hybridized carbons (Fsp3) is 0.500. The molecule has 0 spiro atoms. The minimum Gasteiger partial charge on any atom is -0.393 e. The van der Waals surface area contributed by atoms with Crippen molar-refractivity contribution < 1.29 is 13.5 Å². The summed E-state index contributed by atoms with van der Waals surface area (Å²) in [6.45, 7) is 0.421. The van der Waals surface area contributed by atoms with Gasteiger partial charge in [0.05, 0.1) is 11.1 Å². The molecule has 1 aliphatic carbocycles. The zero-order chi connectivity index (χ0) is 13.3. The Balaban J connectivity index is 2.13. The molecule has 1 fully saturated rings. The molecule has 0 saturated heterocycles. The van der Waals surface area contributed by atoms with Crippen molar-refractivity contribution in [2.75, 3.05) is 13.6 Å². The Bertz CT molecular complexity index is 526. The van der Waals surface area contributed by atoms with Gasteiger partial charge in [-0.25, -0.2) is 12.7 Å². The van der Waals surface area contributed by atoms with E-state index < -0.39 is 10.0 Å². The largest absolute Gasteiger partial charge is 0.393 e. The normalized spacial score (nSPS) is 24.0. The van der Waals surface area contributed by atoms with Crippen LogP contribution in [0.5, 0.6) is 0 Å². The Kier molecular flexibility index (Phi) is 3.96. The van der Waals surface area contributed by atoms with E-state index in [2.05, 4.69) is 0 Å². The predicted octanol–water partition coefficient (Wildman–Crippen LogP) is 1.73. The van der Waals surface area contributed by atoms with Gasteiger partial charge in [0, 0.05) is 13.6 Å². The topological polar surface area (TPSA) is 57.6 Å². The van der Waals surface area contributed by atoms with Crippen LogP contribution in [0.25, 0.3) is 0 Å². The molecular formula is C12H16ClNO3S. The van der Waals surface area contributed by atoms with Gasteiger partial charge in [-0.2, -0.15) is 0 Å². The van der Waals surface area contributed by atoms with Crippen LogP contribution in [-0.4, -0.2) is 37.5 Å². The summed E-state index contributed by atoms with van der Waals surface area (Å²) in [5.74, 6) is 0.238. The van der Waals surface area contributed by atoms with Gasteiger partial charge >= 0.3 is 0 Å². The zero-order valence-corrected chi connectivity index (χ0v) is 11.7. The summed E-state index contributed by atoms with van der Waals surface area (Å²) in [6.07, 6.45) is 1.07. The number of hydrogen-bond donors (Lipinski definition) is 1. The van der Waals surface area contributed by atoms with Crippen molar-refractivity contribution >= 4 is 21.6 Å². The summed E-state index contributed by atoms with van der Waals surface area (Å²) in [4.78, 5) is 0.133. The lowest BCUT2D eigenvalue weighted by Gasteiger charge is -2.34. The molecule has 18 heavy (non-hydrogen) atoms. The van der Waals surface area contributed by atoms with Gasteiger partial charge in [0.1, 0.15) is 4.90 Å². The van der Waals surface area contributed by atoms with Crippen molar-refractivity contribution in [2.45, 2.75) is 23.8 Å². The smallest absolute Gasteiger partial charge is 0.244 e. The Labute approximate surface area is 112 Å². The highest BCUT2D eigenvalue weighted by Crippen LogP contribution is 2.30. The number of benzene rings is 1. The van der Waals surface area contributed by atoms with E-state index in [0.29, 0.717) is 19.4 Å². The highest BCUT2D eigenvalue weighted by atomic mass is 35.5. The number of nitrogens with zero attached hydrogens (tertiary/aromatic N) is 1. The van der Waals surface area contributed by atoms with Gasteiger partial charge in [-0.3, -0.25) is 0 Å². The summed E-state index contributed by atoms with van der Waals surface area (Å²) in [7, 11) is -1.99. The average molecular weight is 290 g/mol. The van der Waals surface area contributed by atoms with Gasteiger partial charge in [-0.05, 0) is 30.9 Å². The van der Waals surface area contributed by atoms with Crippen molar-refractivity contribution in [3.63, 3.8) is 0 Å². The van der Waals surface area contributed by atoms with Crippen LogP contribution in [0.4, 0.5) is 0 Å². The molecule has 1 saturated carbocycles.